The Hall–Kier alpha value is -3.54. The molecule has 6 heteroatoms. The molecule has 0 aromatic heterocycles. The van der Waals surface area contributed by atoms with Crippen LogP contribution in [0.25, 0.3) is 12.2 Å². The number of nitrogens with one attached hydrogen (secondary N) is 1. The first-order valence-electron chi connectivity index (χ1n) is 8.22. The second-order valence-corrected chi connectivity index (χ2v) is 5.77. The first kappa shape index (κ1) is 18.3. The molecule has 2 aromatic rings. The van der Waals surface area contributed by atoms with E-state index >= 15 is 0 Å². The molecule has 0 radical (unpaired) electrons. The quantitative estimate of drug-likeness (QED) is 0.651. The lowest BCUT2D eigenvalue weighted by Gasteiger charge is -2.13. The molecule has 0 aliphatic carbocycles. The van der Waals surface area contributed by atoms with E-state index in [-0.39, 0.29) is 5.57 Å². The summed E-state index contributed by atoms with van der Waals surface area (Å²) in [6.45, 7) is 0. The van der Waals surface area contributed by atoms with Crippen LogP contribution in [0.5, 0.6) is 17.2 Å². The van der Waals surface area contributed by atoms with Gasteiger partial charge >= 0.3 is 0 Å². The lowest BCUT2D eigenvalue weighted by molar-refractivity contribution is -0.123. The van der Waals surface area contributed by atoms with Crippen LogP contribution in [0.2, 0.25) is 0 Å². The first-order chi connectivity index (χ1) is 13.1. The fourth-order valence-electron chi connectivity index (χ4n) is 2.84. The summed E-state index contributed by atoms with van der Waals surface area (Å²) in [5, 5.41) is 2.34. The summed E-state index contributed by atoms with van der Waals surface area (Å²) in [6, 6.07) is 12.8. The Balaban J connectivity index is 2.10. The second kappa shape index (κ2) is 7.78. The van der Waals surface area contributed by atoms with Crippen molar-refractivity contribution in [3.63, 3.8) is 0 Å². The summed E-state index contributed by atoms with van der Waals surface area (Å²) in [4.78, 5) is 24.5. The molecule has 0 bridgehead atoms. The zero-order valence-electron chi connectivity index (χ0n) is 15.2. The number of hydrogen-bond acceptors (Lipinski definition) is 5. The maximum absolute atomic E-state index is 12.3. The molecule has 1 aliphatic heterocycles. The van der Waals surface area contributed by atoms with Gasteiger partial charge in [0.15, 0.2) is 11.5 Å². The van der Waals surface area contributed by atoms with Crippen LogP contribution < -0.4 is 19.5 Å². The van der Waals surface area contributed by atoms with Gasteiger partial charge in [0.2, 0.25) is 5.75 Å². The standard InChI is InChI=1S/C21H19NO5/c1-25-17-11-14(12-18(26-2)19(17)27-3)10-16-15(20(23)22-21(16)24)9-13-7-5-4-6-8-13/h4-12H,1-3H3,(H,22,23,24)/b15-9?,16-10+. The van der Waals surface area contributed by atoms with Crippen molar-refractivity contribution in [3.05, 3.63) is 64.7 Å². The largest absolute Gasteiger partial charge is 0.493 e. The molecule has 1 saturated heterocycles. The fraction of sp³-hybridized carbons (Fsp3) is 0.143. The molecule has 0 saturated carbocycles. The Morgan fingerprint density at radius 3 is 1.74 bits per heavy atom. The number of hydrogen-bond donors (Lipinski definition) is 1. The maximum atomic E-state index is 12.3. The molecular formula is C21H19NO5. The molecular weight excluding hydrogens is 346 g/mol. The van der Waals surface area contributed by atoms with Gasteiger partial charge in [0.05, 0.1) is 32.5 Å². The minimum atomic E-state index is -0.448. The minimum Gasteiger partial charge on any atom is -0.493 e. The van der Waals surface area contributed by atoms with Crippen molar-refractivity contribution in [1.82, 2.24) is 5.32 Å². The SMILES string of the molecule is COc1cc(/C=C2/C(=O)NC(=O)C2=Cc2ccccc2)cc(OC)c1OC. The maximum Gasteiger partial charge on any atom is 0.258 e. The Kier molecular flexibility index (Phi) is 5.26. The van der Waals surface area contributed by atoms with Gasteiger partial charge in [-0.3, -0.25) is 14.9 Å². The second-order valence-electron chi connectivity index (χ2n) is 5.77. The van der Waals surface area contributed by atoms with E-state index in [2.05, 4.69) is 5.32 Å². The zero-order chi connectivity index (χ0) is 19.4. The van der Waals surface area contributed by atoms with Crippen LogP contribution in [0.1, 0.15) is 11.1 Å². The number of methoxy groups -OCH3 is 3. The fourth-order valence-corrected chi connectivity index (χ4v) is 2.84. The van der Waals surface area contributed by atoms with Gasteiger partial charge in [-0.25, -0.2) is 0 Å². The van der Waals surface area contributed by atoms with Gasteiger partial charge in [-0.1, -0.05) is 30.3 Å². The molecule has 1 fully saturated rings. The van der Waals surface area contributed by atoms with Gasteiger partial charge < -0.3 is 14.2 Å². The molecule has 27 heavy (non-hydrogen) atoms. The lowest BCUT2D eigenvalue weighted by Crippen LogP contribution is -2.19. The number of carbonyl (C=O) groups excluding carboxylic acids is 2. The van der Waals surface area contributed by atoms with Crippen LogP contribution in [-0.2, 0) is 9.59 Å². The van der Waals surface area contributed by atoms with Crippen LogP contribution >= 0.6 is 0 Å². The van der Waals surface area contributed by atoms with E-state index in [0.29, 0.717) is 28.4 Å². The van der Waals surface area contributed by atoms with Crippen molar-refractivity contribution in [3.8, 4) is 17.2 Å². The molecule has 6 nitrogen and oxygen atoms in total. The van der Waals surface area contributed by atoms with Crippen molar-refractivity contribution < 1.29 is 23.8 Å². The Bertz CT molecular complexity index is 919. The van der Waals surface area contributed by atoms with Crippen molar-refractivity contribution in [2.75, 3.05) is 21.3 Å². The third-order valence-corrected chi connectivity index (χ3v) is 4.12. The highest BCUT2D eigenvalue weighted by atomic mass is 16.5. The molecule has 1 N–H and O–H groups in total. The number of amides is 2. The summed E-state index contributed by atoms with van der Waals surface area (Å²) in [5.74, 6) is 0.497. The van der Waals surface area contributed by atoms with E-state index in [4.69, 9.17) is 14.2 Å². The third-order valence-electron chi connectivity index (χ3n) is 4.12. The van der Waals surface area contributed by atoms with Crippen molar-refractivity contribution >= 4 is 24.0 Å². The van der Waals surface area contributed by atoms with Gasteiger partial charge in [0.25, 0.3) is 11.8 Å². The molecule has 0 spiro atoms. The smallest absolute Gasteiger partial charge is 0.258 e. The highest BCUT2D eigenvalue weighted by Gasteiger charge is 2.30. The molecule has 0 atom stereocenters. The molecule has 2 aromatic carbocycles. The molecule has 0 unspecified atom stereocenters. The topological polar surface area (TPSA) is 73.9 Å². The van der Waals surface area contributed by atoms with Gasteiger partial charge in [-0.15, -0.1) is 0 Å². The number of imide groups is 1. The number of rotatable bonds is 5. The van der Waals surface area contributed by atoms with Crippen LogP contribution in [0.3, 0.4) is 0 Å². The zero-order valence-corrected chi connectivity index (χ0v) is 15.2. The Labute approximate surface area is 157 Å². The van der Waals surface area contributed by atoms with Crippen molar-refractivity contribution in [1.29, 1.82) is 0 Å². The summed E-state index contributed by atoms with van der Waals surface area (Å²) in [7, 11) is 4.55. The van der Waals surface area contributed by atoms with E-state index in [9.17, 15) is 9.59 Å². The highest BCUT2D eigenvalue weighted by Crippen LogP contribution is 2.39. The van der Waals surface area contributed by atoms with Crippen LogP contribution in [0.4, 0.5) is 0 Å². The van der Waals surface area contributed by atoms with Crippen molar-refractivity contribution in [2.24, 2.45) is 0 Å². The predicted molar refractivity (Wildman–Crippen MR) is 102 cm³/mol. The number of ether oxygens (including phenoxy) is 3. The van der Waals surface area contributed by atoms with E-state index in [1.54, 1.807) is 24.3 Å². The summed E-state index contributed by atoms with van der Waals surface area (Å²) in [6.07, 6.45) is 3.31. The summed E-state index contributed by atoms with van der Waals surface area (Å²) in [5.41, 5.74) is 2.05. The molecule has 2 amide bonds. The van der Waals surface area contributed by atoms with E-state index < -0.39 is 11.8 Å². The lowest BCUT2D eigenvalue weighted by atomic mass is 10.0. The van der Waals surface area contributed by atoms with Crippen LogP contribution in [-0.4, -0.2) is 33.1 Å². The molecule has 3 rings (SSSR count). The van der Waals surface area contributed by atoms with Gasteiger partial charge in [0, 0.05) is 0 Å². The van der Waals surface area contributed by atoms with Gasteiger partial charge in [-0.2, -0.15) is 0 Å². The van der Waals surface area contributed by atoms with Gasteiger partial charge in [-0.05, 0) is 35.4 Å². The Morgan fingerprint density at radius 2 is 1.26 bits per heavy atom. The average Bonchev–Trinajstić information content (AvgIpc) is 2.94. The third kappa shape index (κ3) is 3.69. The highest BCUT2D eigenvalue weighted by molar-refractivity contribution is 6.28. The van der Waals surface area contributed by atoms with Crippen LogP contribution in [0.15, 0.2) is 53.6 Å². The predicted octanol–water partition coefficient (Wildman–Crippen LogP) is 2.84. The molecule has 1 heterocycles. The summed E-state index contributed by atoms with van der Waals surface area (Å²) < 4.78 is 16.0. The normalized spacial score (nSPS) is 16.6. The van der Waals surface area contributed by atoms with E-state index in [1.165, 1.54) is 21.3 Å². The van der Waals surface area contributed by atoms with Crippen LogP contribution in [0, 0.1) is 0 Å². The van der Waals surface area contributed by atoms with Crippen molar-refractivity contribution in [2.45, 2.75) is 0 Å². The number of benzene rings is 2. The first-order valence-corrected chi connectivity index (χ1v) is 8.22. The van der Waals surface area contributed by atoms with E-state index in [1.807, 2.05) is 30.3 Å². The summed E-state index contributed by atoms with van der Waals surface area (Å²) >= 11 is 0. The van der Waals surface area contributed by atoms with Gasteiger partial charge in [0.1, 0.15) is 0 Å². The number of carbonyl (C=O) groups is 2. The monoisotopic (exact) mass is 365 g/mol. The Morgan fingerprint density at radius 1 is 0.741 bits per heavy atom. The van der Waals surface area contributed by atoms with E-state index in [0.717, 1.165) is 5.56 Å². The minimum absolute atomic E-state index is 0.276. The molecule has 138 valence electrons. The average molecular weight is 365 g/mol. The molecule has 1 aliphatic rings.